The summed E-state index contributed by atoms with van der Waals surface area (Å²) in [5.41, 5.74) is -0.733. The molecule has 0 aromatic heterocycles. The van der Waals surface area contributed by atoms with E-state index in [1.807, 2.05) is 0 Å². The molecule has 1 saturated heterocycles. The standard InChI is InChI=1S/C12H21O4P/c1-4-7-8-12(6-3)9-15-17(14,16-10-12)11(13)5-2/h5H,2,4,6-10H2,1,3H3. The van der Waals surface area contributed by atoms with E-state index in [0.717, 1.165) is 31.8 Å². The first-order valence-electron chi connectivity index (χ1n) is 6.08. The lowest BCUT2D eigenvalue weighted by Gasteiger charge is -2.38. The van der Waals surface area contributed by atoms with E-state index < -0.39 is 13.1 Å². The minimum absolute atomic E-state index is 0.0919. The summed E-state index contributed by atoms with van der Waals surface area (Å²) in [6, 6.07) is 0. The third kappa shape index (κ3) is 3.27. The first-order chi connectivity index (χ1) is 8.02. The first-order valence-corrected chi connectivity index (χ1v) is 7.62. The van der Waals surface area contributed by atoms with E-state index in [-0.39, 0.29) is 5.41 Å². The molecule has 0 atom stereocenters. The molecule has 0 aromatic carbocycles. The summed E-state index contributed by atoms with van der Waals surface area (Å²) in [6.45, 7) is 8.16. The summed E-state index contributed by atoms with van der Waals surface area (Å²) in [5.74, 6) is 0. The van der Waals surface area contributed by atoms with E-state index >= 15 is 0 Å². The smallest absolute Gasteiger partial charge is 0.302 e. The normalized spacial score (nSPS) is 33.3. The minimum Gasteiger partial charge on any atom is -0.302 e. The van der Waals surface area contributed by atoms with Gasteiger partial charge < -0.3 is 9.05 Å². The van der Waals surface area contributed by atoms with Gasteiger partial charge in [0.2, 0.25) is 0 Å². The molecule has 1 rings (SSSR count). The molecular weight excluding hydrogens is 239 g/mol. The summed E-state index contributed by atoms with van der Waals surface area (Å²) < 4.78 is 22.4. The lowest BCUT2D eigenvalue weighted by Crippen LogP contribution is -2.36. The van der Waals surface area contributed by atoms with Crippen molar-refractivity contribution < 1.29 is 18.4 Å². The molecule has 0 aromatic rings. The molecule has 0 unspecified atom stereocenters. The Morgan fingerprint density at radius 1 is 1.41 bits per heavy atom. The SMILES string of the molecule is C=CC(=O)P1(=O)OCC(CC)(CCCC)CO1. The van der Waals surface area contributed by atoms with Crippen molar-refractivity contribution in [2.45, 2.75) is 39.5 Å². The summed E-state index contributed by atoms with van der Waals surface area (Å²) in [6.07, 6.45) is 5.06. The molecule has 0 radical (unpaired) electrons. The maximum Gasteiger partial charge on any atom is 0.401 e. The summed E-state index contributed by atoms with van der Waals surface area (Å²) in [4.78, 5) is 11.4. The highest BCUT2D eigenvalue weighted by molar-refractivity contribution is 7.72. The second-order valence-electron chi connectivity index (χ2n) is 4.54. The maximum absolute atomic E-state index is 12.0. The van der Waals surface area contributed by atoms with E-state index in [1.54, 1.807) is 0 Å². The van der Waals surface area contributed by atoms with Crippen molar-refractivity contribution in [3.05, 3.63) is 12.7 Å². The number of rotatable bonds is 6. The molecule has 1 aliphatic heterocycles. The Morgan fingerprint density at radius 3 is 2.41 bits per heavy atom. The van der Waals surface area contributed by atoms with Crippen LogP contribution in [0.1, 0.15) is 39.5 Å². The van der Waals surface area contributed by atoms with E-state index in [0.29, 0.717) is 13.2 Å². The number of carbonyl (C=O) groups is 1. The molecule has 0 amide bonds. The van der Waals surface area contributed by atoms with Crippen molar-refractivity contribution >= 4 is 13.1 Å². The Labute approximate surface area is 103 Å². The van der Waals surface area contributed by atoms with Gasteiger partial charge in [-0.2, -0.15) is 0 Å². The second-order valence-corrected chi connectivity index (χ2v) is 6.50. The highest BCUT2D eigenvalue weighted by Gasteiger charge is 2.44. The van der Waals surface area contributed by atoms with Crippen LogP contribution in [-0.4, -0.2) is 18.7 Å². The van der Waals surface area contributed by atoms with E-state index in [9.17, 15) is 9.36 Å². The van der Waals surface area contributed by atoms with Crippen LogP contribution in [0.5, 0.6) is 0 Å². The van der Waals surface area contributed by atoms with Crippen molar-refractivity contribution in [1.29, 1.82) is 0 Å². The average Bonchev–Trinajstić information content (AvgIpc) is 2.38. The lowest BCUT2D eigenvalue weighted by atomic mass is 9.82. The number of hydrogen-bond acceptors (Lipinski definition) is 4. The van der Waals surface area contributed by atoms with Gasteiger partial charge in [-0.25, -0.2) is 0 Å². The van der Waals surface area contributed by atoms with Crippen LogP contribution in [0.4, 0.5) is 0 Å². The third-order valence-electron chi connectivity index (χ3n) is 3.34. The molecule has 98 valence electrons. The van der Waals surface area contributed by atoms with Crippen LogP contribution in [0, 0.1) is 5.41 Å². The van der Waals surface area contributed by atoms with Gasteiger partial charge in [-0.1, -0.05) is 33.3 Å². The number of carbonyl (C=O) groups excluding carboxylic acids is 1. The molecule has 4 nitrogen and oxygen atoms in total. The predicted octanol–water partition coefficient (Wildman–Crippen LogP) is 3.53. The zero-order valence-corrected chi connectivity index (χ0v) is 11.5. The topological polar surface area (TPSA) is 52.6 Å². The van der Waals surface area contributed by atoms with Crippen LogP contribution in [-0.2, 0) is 18.4 Å². The molecule has 0 saturated carbocycles. The maximum atomic E-state index is 12.0. The Balaban J connectivity index is 2.67. The van der Waals surface area contributed by atoms with Crippen molar-refractivity contribution in [3.63, 3.8) is 0 Å². The molecule has 1 aliphatic rings. The van der Waals surface area contributed by atoms with Crippen LogP contribution < -0.4 is 0 Å². The fourth-order valence-corrected chi connectivity index (χ4v) is 3.28. The molecule has 0 bridgehead atoms. The van der Waals surface area contributed by atoms with Crippen molar-refractivity contribution in [3.8, 4) is 0 Å². The van der Waals surface area contributed by atoms with Gasteiger partial charge in [0, 0.05) is 5.41 Å². The highest BCUT2D eigenvalue weighted by Crippen LogP contribution is 2.56. The number of hydrogen-bond donors (Lipinski definition) is 0. The Kier molecular flexibility index (Phi) is 5.11. The van der Waals surface area contributed by atoms with Crippen LogP contribution in [0.3, 0.4) is 0 Å². The monoisotopic (exact) mass is 260 g/mol. The van der Waals surface area contributed by atoms with Gasteiger partial charge in [0.25, 0.3) is 5.52 Å². The van der Waals surface area contributed by atoms with Crippen molar-refractivity contribution in [2.75, 3.05) is 13.2 Å². The highest BCUT2D eigenvalue weighted by atomic mass is 31.2. The number of unbranched alkanes of at least 4 members (excludes halogenated alkanes) is 1. The van der Waals surface area contributed by atoms with Crippen LogP contribution >= 0.6 is 7.60 Å². The predicted molar refractivity (Wildman–Crippen MR) is 67.0 cm³/mol. The van der Waals surface area contributed by atoms with Crippen LogP contribution in [0.25, 0.3) is 0 Å². The quantitative estimate of drug-likeness (QED) is 0.541. The third-order valence-corrected chi connectivity index (χ3v) is 5.00. The first kappa shape index (κ1) is 14.6. The molecule has 17 heavy (non-hydrogen) atoms. The Morgan fingerprint density at radius 2 is 2.00 bits per heavy atom. The van der Waals surface area contributed by atoms with Gasteiger partial charge in [-0.3, -0.25) is 9.36 Å². The van der Waals surface area contributed by atoms with E-state index in [2.05, 4.69) is 20.4 Å². The molecule has 0 N–H and O–H groups in total. The van der Waals surface area contributed by atoms with E-state index in [1.165, 1.54) is 0 Å². The fraction of sp³-hybridized carbons (Fsp3) is 0.750. The lowest BCUT2D eigenvalue weighted by molar-refractivity contribution is -0.111. The van der Waals surface area contributed by atoms with Gasteiger partial charge in [-0.15, -0.1) is 0 Å². The molecule has 0 aliphatic carbocycles. The second kappa shape index (κ2) is 5.94. The average molecular weight is 260 g/mol. The van der Waals surface area contributed by atoms with Gasteiger partial charge in [0.15, 0.2) is 0 Å². The van der Waals surface area contributed by atoms with Crippen molar-refractivity contribution in [2.24, 2.45) is 5.41 Å². The molecular formula is C12H21O4P. The minimum atomic E-state index is -3.59. The van der Waals surface area contributed by atoms with Crippen LogP contribution in [0.2, 0.25) is 0 Å². The largest absolute Gasteiger partial charge is 0.401 e. The van der Waals surface area contributed by atoms with E-state index in [4.69, 9.17) is 9.05 Å². The summed E-state index contributed by atoms with van der Waals surface area (Å²) >= 11 is 0. The zero-order chi connectivity index (χ0) is 12.9. The van der Waals surface area contributed by atoms with Crippen LogP contribution in [0.15, 0.2) is 12.7 Å². The molecule has 0 spiro atoms. The molecule has 1 heterocycles. The number of allylic oxidation sites excluding steroid dienone is 1. The summed E-state index contributed by atoms with van der Waals surface area (Å²) in [5, 5.41) is 0. The van der Waals surface area contributed by atoms with Gasteiger partial charge >= 0.3 is 7.60 Å². The van der Waals surface area contributed by atoms with Crippen molar-refractivity contribution in [1.82, 2.24) is 0 Å². The Hall–Kier alpha value is -0.440. The van der Waals surface area contributed by atoms with Gasteiger partial charge in [0.05, 0.1) is 13.2 Å². The molecule has 5 heteroatoms. The molecule has 1 fully saturated rings. The summed E-state index contributed by atoms with van der Waals surface area (Å²) in [7, 11) is -3.59. The van der Waals surface area contributed by atoms with Gasteiger partial charge in [-0.05, 0) is 18.9 Å². The zero-order valence-electron chi connectivity index (χ0n) is 10.6. The Bertz CT molecular complexity index is 325. The van der Waals surface area contributed by atoms with Gasteiger partial charge in [0.1, 0.15) is 0 Å². The fourth-order valence-electron chi connectivity index (χ4n) is 1.84.